The third kappa shape index (κ3) is 4.47. The van der Waals surface area contributed by atoms with Crippen LogP contribution in [0.1, 0.15) is 31.2 Å². The number of aromatic nitrogens is 2. The fourth-order valence-corrected chi connectivity index (χ4v) is 4.13. The Bertz CT molecular complexity index is 816. The Hall–Kier alpha value is -2.42. The molecule has 3 heterocycles. The normalized spacial score (nSPS) is 23.1. The molecule has 2 N–H and O–H groups in total. The Kier molecular flexibility index (Phi) is 5.79. The summed E-state index contributed by atoms with van der Waals surface area (Å²) in [4.78, 5) is 51.7. The molecule has 9 heteroatoms. The highest BCUT2D eigenvalue weighted by atomic mass is 16.5. The minimum Gasteiger partial charge on any atom is -0.383 e. The van der Waals surface area contributed by atoms with E-state index in [1.807, 2.05) is 4.90 Å². The quantitative estimate of drug-likeness (QED) is 0.716. The number of ether oxygens (including phenoxy) is 1. The minimum atomic E-state index is -0.455. The van der Waals surface area contributed by atoms with Crippen molar-refractivity contribution >= 4 is 11.8 Å². The van der Waals surface area contributed by atoms with Crippen molar-refractivity contribution in [2.24, 2.45) is 5.41 Å². The summed E-state index contributed by atoms with van der Waals surface area (Å²) in [6.07, 6.45) is 2.99. The van der Waals surface area contributed by atoms with Crippen LogP contribution in [0.4, 0.5) is 0 Å². The van der Waals surface area contributed by atoms with E-state index in [2.05, 4.69) is 10.2 Å². The van der Waals surface area contributed by atoms with Crippen LogP contribution in [0, 0.1) is 5.41 Å². The van der Waals surface area contributed by atoms with E-state index >= 15 is 0 Å². The van der Waals surface area contributed by atoms with Crippen LogP contribution in [-0.4, -0.2) is 71.7 Å². The van der Waals surface area contributed by atoms with Gasteiger partial charge < -0.3 is 14.5 Å². The summed E-state index contributed by atoms with van der Waals surface area (Å²) < 4.78 is 5.10. The van der Waals surface area contributed by atoms with Gasteiger partial charge >= 0.3 is 0 Å². The van der Waals surface area contributed by atoms with Crippen LogP contribution in [0.15, 0.2) is 15.7 Å². The van der Waals surface area contributed by atoms with E-state index in [1.165, 1.54) is 6.07 Å². The molecule has 0 aromatic carbocycles. The average Bonchev–Trinajstić information content (AvgIpc) is 2.66. The molecule has 2 aliphatic heterocycles. The summed E-state index contributed by atoms with van der Waals surface area (Å²) in [5.41, 5.74) is -0.824. The number of nitrogens with zero attached hydrogens (tertiary/aromatic N) is 2. The van der Waals surface area contributed by atoms with Crippen LogP contribution >= 0.6 is 0 Å². The van der Waals surface area contributed by atoms with Crippen molar-refractivity contribution < 1.29 is 14.3 Å². The van der Waals surface area contributed by atoms with Crippen LogP contribution < -0.4 is 11.1 Å². The maximum atomic E-state index is 12.7. The van der Waals surface area contributed by atoms with Gasteiger partial charge in [-0.1, -0.05) is 0 Å². The first-order valence-corrected chi connectivity index (χ1v) is 9.28. The largest absolute Gasteiger partial charge is 0.383 e. The lowest BCUT2D eigenvalue weighted by Crippen LogP contribution is -2.55. The van der Waals surface area contributed by atoms with Crippen molar-refractivity contribution in [3.8, 4) is 0 Å². The zero-order chi connectivity index (χ0) is 19.4. The van der Waals surface area contributed by atoms with Crippen molar-refractivity contribution in [2.45, 2.75) is 32.1 Å². The Balaban J connectivity index is 1.68. The number of likely N-dealkylation sites (tertiary alicyclic amines) is 2. The molecule has 2 fully saturated rings. The van der Waals surface area contributed by atoms with Gasteiger partial charge in [0.2, 0.25) is 11.8 Å². The maximum Gasteiger partial charge on any atom is 0.266 e. The molecule has 3 rings (SSSR count). The number of H-pyrrole nitrogens is 2. The van der Waals surface area contributed by atoms with Crippen LogP contribution in [0.3, 0.4) is 0 Å². The van der Waals surface area contributed by atoms with E-state index in [-0.39, 0.29) is 29.2 Å². The second-order valence-corrected chi connectivity index (χ2v) is 7.52. The summed E-state index contributed by atoms with van der Waals surface area (Å²) in [5.74, 6) is -0.0262. The highest BCUT2D eigenvalue weighted by molar-refractivity contribution is 5.79. The Labute approximate surface area is 156 Å². The predicted molar refractivity (Wildman–Crippen MR) is 97.3 cm³/mol. The zero-order valence-corrected chi connectivity index (χ0v) is 15.6. The van der Waals surface area contributed by atoms with Gasteiger partial charge in [0.15, 0.2) is 0 Å². The third-order valence-corrected chi connectivity index (χ3v) is 5.57. The molecule has 2 amide bonds. The molecule has 1 atom stereocenters. The van der Waals surface area contributed by atoms with Gasteiger partial charge in [0.25, 0.3) is 11.1 Å². The number of hydrogen-bond donors (Lipinski definition) is 2. The Morgan fingerprint density at radius 3 is 2.81 bits per heavy atom. The molecule has 0 bridgehead atoms. The highest BCUT2D eigenvalue weighted by Gasteiger charge is 2.42. The second kappa shape index (κ2) is 8.08. The number of aromatic amines is 2. The van der Waals surface area contributed by atoms with E-state index < -0.39 is 11.1 Å². The molecule has 148 valence electrons. The first kappa shape index (κ1) is 19.3. The van der Waals surface area contributed by atoms with E-state index in [0.717, 1.165) is 19.3 Å². The molecule has 0 unspecified atom stereocenters. The molecule has 2 aliphatic rings. The van der Waals surface area contributed by atoms with E-state index in [4.69, 9.17) is 4.74 Å². The number of carbonyl (C=O) groups is 2. The molecule has 0 aliphatic carbocycles. The van der Waals surface area contributed by atoms with Crippen LogP contribution in [0.25, 0.3) is 0 Å². The minimum absolute atomic E-state index is 0.0956. The van der Waals surface area contributed by atoms with E-state index in [9.17, 15) is 19.2 Å². The lowest BCUT2D eigenvalue weighted by atomic mass is 9.73. The van der Waals surface area contributed by atoms with Gasteiger partial charge in [-0.2, -0.15) is 0 Å². The highest BCUT2D eigenvalue weighted by Crippen LogP contribution is 2.38. The zero-order valence-electron chi connectivity index (χ0n) is 15.6. The number of rotatable bonds is 5. The molecular weight excluding hydrogens is 352 g/mol. The molecule has 9 nitrogen and oxygen atoms in total. The van der Waals surface area contributed by atoms with Crippen LogP contribution in [0.5, 0.6) is 0 Å². The predicted octanol–water partition coefficient (Wildman–Crippen LogP) is -0.517. The number of carbonyl (C=O) groups excluding carboxylic acids is 2. The van der Waals surface area contributed by atoms with Gasteiger partial charge in [-0.15, -0.1) is 0 Å². The van der Waals surface area contributed by atoms with Crippen LogP contribution in [0.2, 0.25) is 0 Å². The first-order valence-electron chi connectivity index (χ1n) is 9.28. The molecule has 0 saturated carbocycles. The number of hydrogen-bond acceptors (Lipinski definition) is 5. The fraction of sp³-hybridized carbons (Fsp3) is 0.667. The number of nitrogens with one attached hydrogen (secondary N) is 2. The number of methoxy groups -OCH3 is 1. The van der Waals surface area contributed by atoms with Gasteiger partial charge in [0.05, 0.1) is 13.0 Å². The summed E-state index contributed by atoms with van der Waals surface area (Å²) in [7, 11) is 1.61. The van der Waals surface area contributed by atoms with E-state index in [1.54, 1.807) is 12.0 Å². The third-order valence-electron chi connectivity index (χ3n) is 5.57. The lowest BCUT2D eigenvalue weighted by molar-refractivity contribution is -0.143. The average molecular weight is 378 g/mol. The monoisotopic (exact) mass is 378 g/mol. The van der Waals surface area contributed by atoms with Gasteiger partial charge in [-0.05, 0) is 19.3 Å². The fourth-order valence-electron chi connectivity index (χ4n) is 4.13. The lowest BCUT2D eigenvalue weighted by Gasteiger charge is -2.48. The molecule has 1 aromatic rings. The van der Waals surface area contributed by atoms with Crippen molar-refractivity contribution in [2.75, 3.05) is 39.9 Å². The number of amides is 2. The first-order chi connectivity index (χ1) is 12.9. The Morgan fingerprint density at radius 1 is 1.22 bits per heavy atom. The molecule has 27 heavy (non-hydrogen) atoms. The van der Waals surface area contributed by atoms with Crippen molar-refractivity contribution in [3.05, 3.63) is 32.3 Å². The standard InChI is InChI=1S/C18H26N4O5/c1-27-8-7-22-12-18(5-3-15(22)24)4-2-6-21(11-18)16(25)10-13-9-14(23)19-20-17(13)26/h9H,2-8,10-12H2,1H3,(H,19,23)(H,20,26)/t18-/m1/s1. The van der Waals surface area contributed by atoms with Gasteiger partial charge in [0, 0.05) is 56.8 Å². The molecule has 2 saturated heterocycles. The van der Waals surface area contributed by atoms with Crippen molar-refractivity contribution in [3.63, 3.8) is 0 Å². The smallest absolute Gasteiger partial charge is 0.266 e. The molecule has 1 spiro atoms. The van der Waals surface area contributed by atoms with Crippen molar-refractivity contribution in [1.82, 2.24) is 20.0 Å². The molecule has 0 radical (unpaired) electrons. The summed E-state index contributed by atoms with van der Waals surface area (Å²) in [6, 6.07) is 1.17. The maximum absolute atomic E-state index is 12.7. The van der Waals surface area contributed by atoms with E-state index in [0.29, 0.717) is 39.2 Å². The van der Waals surface area contributed by atoms with Crippen molar-refractivity contribution in [1.29, 1.82) is 0 Å². The summed E-state index contributed by atoms with van der Waals surface area (Å²) >= 11 is 0. The van der Waals surface area contributed by atoms with Gasteiger partial charge in [0.1, 0.15) is 0 Å². The Morgan fingerprint density at radius 2 is 2.04 bits per heavy atom. The second-order valence-electron chi connectivity index (χ2n) is 7.52. The number of piperidine rings is 2. The molecule has 1 aromatic heterocycles. The molecular formula is C18H26N4O5. The van der Waals surface area contributed by atoms with Gasteiger partial charge in [-0.3, -0.25) is 29.4 Å². The van der Waals surface area contributed by atoms with Gasteiger partial charge in [-0.25, -0.2) is 0 Å². The topological polar surface area (TPSA) is 116 Å². The van der Waals surface area contributed by atoms with Crippen LogP contribution in [-0.2, 0) is 20.7 Å². The SMILES string of the molecule is COCCN1C[C@]2(CCCN(C(=O)Cc3cc(=O)[nH][nH]c3=O)C2)CCC1=O. The summed E-state index contributed by atoms with van der Waals surface area (Å²) in [6.45, 7) is 2.89. The summed E-state index contributed by atoms with van der Waals surface area (Å²) in [5, 5.41) is 4.44.